The second-order valence-corrected chi connectivity index (χ2v) is 3.38. The fraction of sp³-hybridized carbons (Fsp3) is 0.111. The van der Waals surface area contributed by atoms with Crippen LogP contribution >= 0.6 is 0 Å². The van der Waals surface area contributed by atoms with Gasteiger partial charge in [-0.1, -0.05) is 36.9 Å². The number of rotatable bonds is 3. The second kappa shape index (κ2) is 4.07. The van der Waals surface area contributed by atoms with Crippen molar-refractivity contribution in [3.05, 3.63) is 42.0 Å². The molecular formula is C9H9O2S. The maximum atomic E-state index is 10.3. The number of hydrogen-bond donors (Lipinski definition) is 1. The molecule has 0 aromatic heterocycles. The summed E-state index contributed by atoms with van der Waals surface area (Å²) in [5.74, 6) is 0.0974. The smallest absolute Gasteiger partial charge is 0.144 e. The van der Waals surface area contributed by atoms with E-state index in [-0.39, 0.29) is 5.75 Å². The first kappa shape index (κ1) is 9.00. The molecule has 0 aliphatic rings. The lowest BCUT2D eigenvalue weighted by molar-refractivity contribution is 0.614. The quantitative estimate of drug-likeness (QED) is 0.712. The van der Waals surface area contributed by atoms with Crippen molar-refractivity contribution in [1.82, 2.24) is 0 Å². The Kier molecular flexibility index (Phi) is 3.05. The SMILES string of the molecule is [CH]=Cc1ccc(C[SH](=O)=O)cc1. The van der Waals surface area contributed by atoms with Gasteiger partial charge in [-0.05, 0) is 11.1 Å². The average molecular weight is 181 g/mol. The van der Waals surface area contributed by atoms with E-state index in [9.17, 15) is 8.42 Å². The Morgan fingerprint density at radius 2 is 1.83 bits per heavy atom. The van der Waals surface area contributed by atoms with Gasteiger partial charge >= 0.3 is 0 Å². The Hall–Kier alpha value is -1.09. The van der Waals surface area contributed by atoms with E-state index in [1.54, 1.807) is 24.3 Å². The van der Waals surface area contributed by atoms with Crippen LogP contribution < -0.4 is 0 Å². The molecule has 0 unspecified atom stereocenters. The predicted molar refractivity (Wildman–Crippen MR) is 49.2 cm³/mol. The first-order valence-electron chi connectivity index (χ1n) is 3.48. The summed E-state index contributed by atoms with van der Waals surface area (Å²) in [5.41, 5.74) is 1.68. The van der Waals surface area contributed by atoms with Gasteiger partial charge in [0.15, 0.2) is 0 Å². The fourth-order valence-corrected chi connectivity index (χ4v) is 1.39. The zero-order valence-electron chi connectivity index (χ0n) is 6.43. The summed E-state index contributed by atoms with van der Waals surface area (Å²) in [6, 6.07) is 7.08. The number of benzene rings is 1. The number of hydrogen-bond acceptors (Lipinski definition) is 2. The molecule has 1 aromatic carbocycles. The van der Waals surface area contributed by atoms with Crippen molar-refractivity contribution >= 4 is 16.8 Å². The molecule has 0 amide bonds. The normalized spacial score (nSPS) is 10.1. The van der Waals surface area contributed by atoms with Gasteiger partial charge in [0, 0.05) is 0 Å². The third-order valence-corrected chi connectivity index (χ3v) is 2.11. The summed E-state index contributed by atoms with van der Waals surface area (Å²) in [6.45, 7) is 5.26. The van der Waals surface area contributed by atoms with Gasteiger partial charge in [0.2, 0.25) is 0 Å². The van der Waals surface area contributed by atoms with Crippen LogP contribution in [0.15, 0.2) is 24.3 Å². The Morgan fingerprint density at radius 1 is 1.25 bits per heavy atom. The van der Waals surface area contributed by atoms with Gasteiger partial charge in [-0.2, -0.15) is 0 Å². The molecule has 3 heteroatoms. The van der Waals surface area contributed by atoms with Gasteiger partial charge in [0.25, 0.3) is 0 Å². The molecule has 0 aliphatic heterocycles. The van der Waals surface area contributed by atoms with Crippen LogP contribution in [0.1, 0.15) is 11.1 Å². The van der Waals surface area contributed by atoms with Crippen LogP contribution in [0.3, 0.4) is 0 Å². The molecule has 63 valence electrons. The summed E-state index contributed by atoms with van der Waals surface area (Å²) in [4.78, 5) is 0. The lowest BCUT2D eigenvalue weighted by Gasteiger charge is -1.95. The molecule has 0 fully saturated rings. The van der Waals surface area contributed by atoms with Crippen LogP contribution in [0.4, 0.5) is 0 Å². The largest absolute Gasteiger partial charge is 0.232 e. The molecule has 0 atom stereocenters. The number of thiol groups is 1. The highest BCUT2D eigenvalue weighted by Gasteiger charge is 1.92. The summed E-state index contributed by atoms with van der Waals surface area (Å²) in [6.07, 6.45) is 1.47. The molecule has 0 bridgehead atoms. The van der Waals surface area contributed by atoms with E-state index < -0.39 is 10.7 Å². The van der Waals surface area contributed by atoms with Crippen LogP contribution in [0.2, 0.25) is 0 Å². The average Bonchev–Trinajstić information content (AvgIpc) is 2.05. The maximum Gasteiger partial charge on any atom is 0.144 e. The summed E-state index contributed by atoms with van der Waals surface area (Å²) >= 11 is 0. The third-order valence-electron chi connectivity index (χ3n) is 1.48. The topological polar surface area (TPSA) is 34.1 Å². The third kappa shape index (κ3) is 2.51. The highest BCUT2D eigenvalue weighted by atomic mass is 32.2. The van der Waals surface area contributed by atoms with Crippen molar-refractivity contribution in [2.75, 3.05) is 0 Å². The van der Waals surface area contributed by atoms with Crippen molar-refractivity contribution < 1.29 is 8.42 Å². The lowest BCUT2D eigenvalue weighted by Crippen LogP contribution is -1.85. The second-order valence-electron chi connectivity index (χ2n) is 2.40. The minimum atomic E-state index is -2.33. The molecule has 0 aliphatic carbocycles. The monoisotopic (exact) mass is 181 g/mol. The molecule has 1 aromatic rings. The maximum absolute atomic E-state index is 10.3. The fourth-order valence-electron chi connectivity index (χ4n) is 0.883. The Bertz CT molecular complexity index is 328. The van der Waals surface area contributed by atoms with Crippen LogP contribution in [-0.2, 0) is 16.5 Å². The molecule has 0 saturated carbocycles. The molecule has 0 saturated heterocycles. The van der Waals surface area contributed by atoms with Gasteiger partial charge in [-0.15, -0.1) is 0 Å². The minimum Gasteiger partial charge on any atom is -0.232 e. The van der Waals surface area contributed by atoms with Gasteiger partial charge in [-0.3, -0.25) is 0 Å². The van der Waals surface area contributed by atoms with Crippen molar-refractivity contribution in [1.29, 1.82) is 0 Å². The van der Waals surface area contributed by atoms with E-state index in [1.807, 2.05) is 0 Å². The van der Waals surface area contributed by atoms with Gasteiger partial charge in [0.05, 0.1) is 5.75 Å². The van der Waals surface area contributed by atoms with Gasteiger partial charge in [0.1, 0.15) is 10.7 Å². The van der Waals surface area contributed by atoms with Crippen LogP contribution in [0, 0.1) is 6.58 Å². The van der Waals surface area contributed by atoms with E-state index in [0.29, 0.717) is 0 Å². The highest BCUT2D eigenvalue weighted by Crippen LogP contribution is 2.05. The summed E-state index contributed by atoms with van der Waals surface area (Å²) in [7, 11) is -2.33. The molecule has 0 spiro atoms. The van der Waals surface area contributed by atoms with E-state index in [2.05, 4.69) is 0 Å². The van der Waals surface area contributed by atoms with Gasteiger partial charge < -0.3 is 0 Å². The Labute approximate surface area is 73.5 Å². The van der Waals surface area contributed by atoms with Crippen molar-refractivity contribution in [3.63, 3.8) is 0 Å². The first-order valence-corrected chi connectivity index (χ1v) is 4.84. The van der Waals surface area contributed by atoms with Crippen molar-refractivity contribution in [2.24, 2.45) is 0 Å². The zero-order valence-corrected chi connectivity index (χ0v) is 7.33. The Balaban J connectivity index is 2.84. The van der Waals surface area contributed by atoms with Crippen LogP contribution in [0.5, 0.6) is 0 Å². The van der Waals surface area contributed by atoms with E-state index >= 15 is 0 Å². The lowest BCUT2D eigenvalue weighted by atomic mass is 10.1. The van der Waals surface area contributed by atoms with E-state index in [1.165, 1.54) is 6.08 Å². The molecule has 12 heavy (non-hydrogen) atoms. The molecule has 1 rings (SSSR count). The molecule has 0 N–H and O–H groups in total. The summed E-state index contributed by atoms with van der Waals surface area (Å²) in [5, 5.41) is 0. The van der Waals surface area contributed by atoms with Gasteiger partial charge in [-0.25, -0.2) is 8.42 Å². The minimum absolute atomic E-state index is 0.0974. The highest BCUT2D eigenvalue weighted by molar-refractivity contribution is 7.71. The standard InChI is InChI=1S/C9H9O2S/c1-2-8-3-5-9(6-4-8)7-12(10)11/h1-6,12H,7H2. The zero-order chi connectivity index (χ0) is 8.97. The molecular weight excluding hydrogens is 172 g/mol. The molecule has 1 radical (unpaired) electrons. The predicted octanol–water partition coefficient (Wildman–Crippen LogP) is 1.24. The van der Waals surface area contributed by atoms with Crippen LogP contribution in [-0.4, -0.2) is 8.42 Å². The van der Waals surface area contributed by atoms with Crippen LogP contribution in [0.25, 0.3) is 6.08 Å². The van der Waals surface area contributed by atoms with Crippen molar-refractivity contribution in [2.45, 2.75) is 5.75 Å². The molecule has 2 nitrogen and oxygen atoms in total. The summed E-state index contributed by atoms with van der Waals surface area (Å²) < 4.78 is 20.7. The first-order chi connectivity index (χ1) is 5.72. The van der Waals surface area contributed by atoms with Crippen molar-refractivity contribution in [3.8, 4) is 0 Å². The van der Waals surface area contributed by atoms with E-state index in [4.69, 9.17) is 6.58 Å². The Morgan fingerprint density at radius 3 is 2.25 bits per heavy atom. The molecule has 0 heterocycles. The van der Waals surface area contributed by atoms with E-state index in [0.717, 1.165) is 11.1 Å².